The van der Waals surface area contributed by atoms with E-state index in [2.05, 4.69) is 15.2 Å². The van der Waals surface area contributed by atoms with Crippen LogP contribution in [0.3, 0.4) is 0 Å². The number of aliphatic imine (C=N–C) groups is 1. The third-order valence-corrected chi connectivity index (χ3v) is 4.92. The fourth-order valence-electron chi connectivity index (χ4n) is 3.69. The minimum atomic E-state index is -0.446. The Morgan fingerprint density at radius 3 is 2.54 bits per heavy atom. The minimum absolute atomic E-state index is 0.200. The van der Waals surface area contributed by atoms with Crippen LogP contribution in [0.25, 0.3) is 0 Å². The van der Waals surface area contributed by atoms with Crippen LogP contribution in [0.15, 0.2) is 4.99 Å². The van der Waals surface area contributed by atoms with Gasteiger partial charge in [0.2, 0.25) is 0 Å². The fraction of sp³-hybridized carbons (Fsp3) is 0.895. The van der Waals surface area contributed by atoms with Crippen molar-refractivity contribution in [3.63, 3.8) is 0 Å². The van der Waals surface area contributed by atoms with Crippen molar-refractivity contribution in [3.8, 4) is 0 Å². The Kier molecular flexibility index (Phi) is 7.55. The highest BCUT2D eigenvalue weighted by Gasteiger charge is 2.29. The lowest BCUT2D eigenvalue weighted by Crippen LogP contribution is -2.47. The summed E-state index contributed by atoms with van der Waals surface area (Å²) in [4.78, 5) is 20.9. The van der Waals surface area contributed by atoms with Gasteiger partial charge in [0, 0.05) is 52.8 Å². The molecule has 0 aromatic heterocycles. The van der Waals surface area contributed by atoms with Crippen LogP contribution in [0.5, 0.6) is 0 Å². The molecule has 7 heteroatoms. The van der Waals surface area contributed by atoms with E-state index in [4.69, 9.17) is 9.47 Å². The van der Waals surface area contributed by atoms with Gasteiger partial charge in [0.25, 0.3) is 0 Å². The van der Waals surface area contributed by atoms with Gasteiger partial charge in [-0.3, -0.25) is 4.99 Å². The smallest absolute Gasteiger partial charge is 0.410 e. The first-order valence-corrected chi connectivity index (χ1v) is 9.75. The van der Waals surface area contributed by atoms with E-state index in [1.54, 1.807) is 7.11 Å². The van der Waals surface area contributed by atoms with Crippen molar-refractivity contribution >= 4 is 12.1 Å². The van der Waals surface area contributed by atoms with E-state index in [1.165, 1.54) is 0 Å². The first-order valence-electron chi connectivity index (χ1n) is 9.75. The van der Waals surface area contributed by atoms with Gasteiger partial charge in [0.15, 0.2) is 5.96 Å². The van der Waals surface area contributed by atoms with Gasteiger partial charge in [0.1, 0.15) is 5.60 Å². The number of nitrogens with zero attached hydrogens (tertiary/aromatic N) is 3. The van der Waals surface area contributed by atoms with Crippen molar-refractivity contribution in [2.75, 3.05) is 53.5 Å². The van der Waals surface area contributed by atoms with Crippen molar-refractivity contribution in [1.82, 2.24) is 15.1 Å². The molecule has 2 aliphatic heterocycles. The lowest BCUT2D eigenvalue weighted by Gasteiger charge is -2.34. The highest BCUT2D eigenvalue weighted by Crippen LogP contribution is 2.20. The van der Waals surface area contributed by atoms with Crippen molar-refractivity contribution in [3.05, 3.63) is 0 Å². The zero-order chi connectivity index (χ0) is 19.2. The van der Waals surface area contributed by atoms with Gasteiger partial charge in [-0.2, -0.15) is 0 Å². The first kappa shape index (κ1) is 20.8. The maximum atomic E-state index is 12.3. The number of carbonyl (C=O) groups excluding carboxylic acids is 1. The van der Waals surface area contributed by atoms with E-state index >= 15 is 0 Å². The number of ether oxygens (including phenoxy) is 2. The number of carbonyl (C=O) groups is 1. The molecule has 150 valence electrons. The fourth-order valence-corrected chi connectivity index (χ4v) is 3.69. The molecule has 2 fully saturated rings. The maximum absolute atomic E-state index is 12.3. The Hall–Kier alpha value is -1.50. The quantitative estimate of drug-likeness (QED) is 0.609. The normalized spacial score (nSPS) is 24.7. The molecule has 2 saturated heterocycles. The first-order chi connectivity index (χ1) is 12.3. The highest BCUT2D eigenvalue weighted by molar-refractivity contribution is 5.80. The summed E-state index contributed by atoms with van der Waals surface area (Å²) in [5.74, 6) is 1.96. The topological polar surface area (TPSA) is 66.4 Å². The maximum Gasteiger partial charge on any atom is 0.410 e. The molecule has 0 aromatic carbocycles. The van der Waals surface area contributed by atoms with E-state index in [-0.39, 0.29) is 6.09 Å². The average molecular weight is 369 g/mol. The summed E-state index contributed by atoms with van der Waals surface area (Å²) in [6.07, 6.45) is 3.08. The summed E-state index contributed by atoms with van der Waals surface area (Å²) in [7, 11) is 3.59. The number of methoxy groups -OCH3 is 1. The third-order valence-electron chi connectivity index (χ3n) is 4.92. The molecule has 7 nitrogen and oxygen atoms in total. The van der Waals surface area contributed by atoms with Crippen LogP contribution in [0.4, 0.5) is 4.79 Å². The number of hydrogen-bond donors (Lipinski definition) is 1. The van der Waals surface area contributed by atoms with E-state index in [0.717, 1.165) is 64.6 Å². The van der Waals surface area contributed by atoms with Crippen LogP contribution < -0.4 is 5.32 Å². The van der Waals surface area contributed by atoms with Crippen LogP contribution in [0.1, 0.15) is 40.0 Å². The third kappa shape index (κ3) is 6.34. The van der Waals surface area contributed by atoms with Crippen LogP contribution in [-0.2, 0) is 9.47 Å². The number of likely N-dealkylation sites (tertiary alicyclic amines) is 2. The van der Waals surface area contributed by atoms with Crippen LogP contribution in [0.2, 0.25) is 0 Å². The molecule has 0 radical (unpaired) electrons. The zero-order valence-corrected chi connectivity index (χ0v) is 17.1. The number of piperidine rings is 1. The minimum Gasteiger partial charge on any atom is -0.444 e. The van der Waals surface area contributed by atoms with E-state index in [1.807, 2.05) is 32.7 Å². The van der Waals surface area contributed by atoms with Gasteiger partial charge >= 0.3 is 6.09 Å². The summed E-state index contributed by atoms with van der Waals surface area (Å²) < 4.78 is 10.8. The second-order valence-corrected chi connectivity index (χ2v) is 8.42. The molecular weight excluding hydrogens is 332 g/mol. The molecule has 1 N–H and O–H groups in total. The number of nitrogens with one attached hydrogen (secondary N) is 1. The molecule has 2 atom stereocenters. The molecule has 2 heterocycles. The monoisotopic (exact) mass is 368 g/mol. The molecule has 0 spiro atoms. The van der Waals surface area contributed by atoms with Gasteiger partial charge in [0.05, 0.1) is 6.61 Å². The Balaban J connectivity index is 1.80. The standard InChI is InChI=1S/C19H36N4O3/c1-19(2,3)26-18(24)23-9-6-7-15(12-23)11-21-17(20-4)22-10-8-16(13-22)14-25-5/h15-16H,6-14H2,1-5H3,(H,20,21). The molecule has 0 saturated carbocycles. The van der Waals surface area contributed by atoms with Gasteiger partial charge in [-0.1, -0.05) is 0 Å². The predicted octanol–water partition coefficient (Wildman–Crippen LogP) is 2.18. The number of amides is 1. The lowest BCUT2D eigenvalue weighted by molar-refractivity contribution is 0.0168. The summed E-state index contributed by atoms with van der Waals surface area (Å²) >= 11 is 0. The van der Waals surface area contributed by atoms with Gasteiger partial charge < -0.3 is 24.6 Å². The van der Waals surface area contributed by atoms with Crippen molar-refractivity contribution in [2.45, 2.75) is 45.6 Å². The molecule has 0 bridgehead atoms. The Morgan fingerprint density at radius 1 is 1.15 bits per heavy atom. The van der Waals surface area contributed by atoms with Crippen LogP contribution in [0, 0.1) is 11.8 Å². The summed E-state index contributed by atoms with van der Waals surface area (Å²) in [5, 5.41) is 3.51. The van der Waals surface area contributed by atoms with E-state index in [0.29, 0.717) is 11.8 Å². The molecule has 2 unspecified atom stereocenters. The molecule has 0 aromatic rings. The van der Waals surface area contributed by atoms with Crippen molar-refractivity contribution in [2.24, 2.45) is 16.8 Å². The second-order valence-electron chi connectivity index (χ2n) is 8.42. The molecular formula is C19H36N4O3. The predicted molar refractivity (Wildman–Crippen MR) is 103 cm³/mol. The summed E-state index contributed by atoms with van der Waals surface area (Å²) in [5.41, 5.74) is -0.446. The molecule has 2 aliphatic rings. The number of hydrogen-bond acceptors (Lipinski definition) is 4. The summed E-state index contributed by atoms with van der Waals surface area (Å²) in [6, 6.07) is 0. The number of guanidine groups is 1. The molecule has 1 amide bonds. The van der Waals surface area contributed by atoms with Crippen molar-refractivity contribution in [1.29, 1.82) is 0 Å². The Labute approximate surface area is 158 Å². The number of rotatable bonds is 4. The van der Waals surface area contributed by atoms with Crippen molar-refractivity contribution < 1.29 is 14.3 Å². The zero-order valence-electron chi connectivity index (χ0n) is 17.1. The average Bonchev–Trinajstić information content (AvgIpc) is 3.03. The van der Waals surface area contributed by atoms with Crippen LogP contribution >= 0.6 is 0 Å². The summed E-state index contributed by atoms with van der Waals surface area (Å²) in [6.45, 7) is 10.9. The second kappa shape index (κ2) is 9.44. The van der Waals surface area contributed by atoms with Crippen LogP contribution in [-0.4, -0.2) is 80.9 Å². The van der Waals surface area contributed by atoms with Gasteiger partial charge in [-0.25, -0.2) is 4.79 Å². The van der Waals surface area contributed by atoms with Gasteiger partial charge in [-0.15, -0.1) is 0 Å². The highest BCUT2D eigenvalue weighted by atomic mass is 16.6. The molecule has 2 rings (SSSR count). The molecule has 26 heavy (non-hydrogen) atoms. The lowest BCUT2D eigenvalue weighted by atomic mass is 9.98. The van der Waals surface area contributed by atoms with E-state index < -0.39 is 5.60 Å². The molecule has 0 aliphatic carbocycles. The van der Waals surface area contributed by atoms with Gasteiger partial charge in [-0.05, 0) is 46.0 Å². The van der Waals surface area contributed by atoms with E-state index in [9.17, 15) is 4.79 Å². The Bertz CT molecular complexity index is 490. The Morgan fingerprint density at radius 2 is 1.88 bits per heavy atom. The largest absolute Gasteiger partial charge is 0.444 e. The SMILES string of the molecule is CN=C(NCC1CCCN(C(=O)OC(C)(C)C)C1)N1CCC(COC)C1.